The monoisotopic (exact) mass is 338 g/mol. The van der Waals surface area contributed by atoms with Gasteiger partial charge in [-0.1, -0.05) is 0 Å². The molecule has 0 aliphatic heterocycles. The van der Waals surface area contributed by atoms with E-state index in [0.717, 1.165) is 11.3 Å². The molecule has 6 heteroatoms. The highest BCUT2D eigenvalue weighted by Crippen LogP contribution is 2.27. The summed E-state index contributed by atoms with van der Waals surface area (Å²) in [6.45, 7) is 0.378. The van der Waals surface area contributed by atoms with Gasteiger partial charge in [-0.15, -0.1) is 0 Å². The number of furan rings is 1. The van der Waals surface area contributed by atoms with Gasteiger partial charge in [0.2, 0.25) is 0 Å². The summed E-state index contributed by atoms with van der Waals surface area (Å²) in [5.41, 5.74) is 2.15. The topological polar surface area (TPSA) is 73.6 Å². The van der Waals surface area contributed by atoms with Gasteiger partial charge < -0.3 is 19.2 Å². The molecule has 6 nitrogen and oxygen atoms in total. The van der Waals surface area contributed by atoms with Gasteiger partial charge in [0.05, 0.1) is 20.5 Å². The maximum Gasteiger partial charge on any atom is 0.251 e. The number of carbonyl (C=O) groups excluding carboxylic acids is 1. The van der Waals surface area contributed by atoms with Gasteiger partial charge in [0.15, 0.2) is 17.3 Å². The molecule has 0 atom stereocenters. The molecule has 1 amide bonds. The smallest absolute Gasteiger partial charge is 0.251 e. The van der Waals surface area contributed by atoms with Gasteiger partial charge in [0, 0.05) is 18.3 Å². The quantitative estimate of drug-likeness (QED) is 0.746. The van der Waals surface area contributed by atoms with E-state index in [9.17, 15) is 4.79 Å². The van der Waals surface area contributed by atoms with Crippen LogP contribution in [0.2, 0.25) is 0 Å². The van der Waals surface area contributed by atoms with E-state index >= 15 is 0 Å². The van der Waals surface area contributed by atoms with Crippen molar-refractivity contribution in [1.29, 1.82) is 0 Å². The second kappa shape index (κ2) is 7.53. The van der Waals surface area contributed by atoms with Crippen LogP contribution in [0.25, 0.3) is 11.5 Å². The number of methoxy groups -OCH3 is 2. The average Bonchev–Trinajstić information content (AvgIpc) is 3.20. The molecule has 1 N–H and O–H groups in total. The second-order valence-corrected chi connectivity index (χ2v) is 5.28. The summed E-state index contributed by atoms with van der Waals surface area (Å²) in [4.78, 5) is 16.6. The lowest BCUT2D eigenvalue weighted by atomic mass is 10.1. The minimum Gasteiger partial charge on any atom is -0.493 e. The fraction of sp³-hybridized carbons (Fsp3) is 0.158. The first-order valence-corrected chi connectivity index (χ1v) is 7.70. The number of hydrogen-bond acceptors (Lipinski definition) is 5. The Morgan fingerprint density at radius 3 is 2.68 bits per heavy atom. The van der Waals surface area contributed by atoms with E-state index in [-0.39, 0.29) is 5.91 Å². The summed E-state index contributed by atoms with van der Waals surface area (Å²) < 4.78 is 15.7. The first-order chi connectivity index (χ1) is 12.2. The van der Waals surface area contributed by atoms with Crippen LogP contribution in [0, 0.1) is 0 Å². The van der Waals surface area contributed by atoms with Crippen molar-refractivity contribution in [2.24, 2.45) is 0 Å². The molecule has 1 aromatic carbocycles. The Bertz CT molecular complexity index is 860. The minimum atomic E-state index is -0.197. The number of aromatic nitrogens is 1. The van der Waals surface area contributed by atoms with E-state index < -0.39 is 0 Å². The molecule has 3 rings (SSSR count). The van der Waals surface area contributed by atoms with Gasteiger partial charge >= 0.3 is 0 Å². The van der Waals surface area contributed by atoms with Crippen LogP contribution >= 0.6 is 0 Å². The number of nitrogens with zero attached hydrogens (tertiary/aromatic N) is 1. The zero-order valence-electron chi connectivity index (χ0n) is 14.0. The molecular formula is C19H18N2O4. The van der Waals surface area contributed by atoms with Crippen molar-refractivity contribution in [3.63, 3.8) is 0 Å². The van der Waals surface area contributed by atoms with E-state index in [1.807, 2.05) is 24.3 Å². The number of carbonyl (C=O) groups is 1. The fourth-order valence-corrected chi connectivity index (χ4v) is 2.41. The largest absolute Gasteiger partial charge is 0.493 e. The average molecular weight is 338 g/mol. The van der Waals surface area contributed by atoms with E-state index in [1.54, 1.807) is 37.8 Å². The first kappa shape index (κ1) is 16.6. The van der Waals surface area contributed by atoms with Crippen LogP contribution < -0.4 is 14.8 Å². The van der Waals surface area contributed by atoms with Crippen molar-refractivity contribution in [2.45, 2.75) is 6.54 Å². The lowest BCUT2D eigenvalue weighted by molar-refractivity contribution is 0.0950. The summed E-state index contributed by atoms with van der Waals surface area (Å²) in [7, 11) is 3.09. The number of hydrogen-bond donors (Lipinski definition) is 1. The summed E-state index contributed by atoms with van der Waals surface area (Å²) in [5, 5.41) is 2.88. The van der Waals surface area contributed by atoms with Crippen LogP contribution in [0.4, 0.5) is 0 Å². The van der Waals surface area contributed by atoms with Gasteiger partial charge in [-0.3, -0.25) is 9.78 Å². The third kappa shape index (κ3) is 3.80. The Morgan fingerprint density at radius 2 is 1.96 bits per heavy atom. The molecule has 3 aromatic rings. The number of rotatable bonds is 6. The number of benzene rings is 1. The molecule has 2 heterocycles. The summed E-state index contributed by atoms with van der Waals surface area (Å²) in [5.74, 6) is 1.58. The molecule has 0 radical (unpaired) electrons. The third-order valence-electron chi connectivity index (χ3n) is 3.70. The maximum absolute atomic E-state index is 12.4. The Hall–Kier alpha value is -3.28. The normalized spacial score (nSPS) is 10.3. The standard InChI is InChI=1S/C19H18N2O4/c1-23-17-6-5-14(11-18(17)24-2)19(22)21-12-13-7-8-20-15(10-13)16-4-3-9-25-16/h3-11H,12H2,1-2H3,(H,21,22). The Balaban J connectivity index is 1.69. The van der Waals surface area contributed by atoms with Crippen LogP contribution in [0.1, 0.15) is 15.9 Å². The lowest BCUT2D eigenvalue weighted by Gasteiger charge is -2.10. The number of pyridine rings is 1. The highest BCUT2D eigenvalue weighted by Gasteiger charge is 2.11. The highest BCUT2D eigenvalue weighted by atomic mass is 16.5. The first-order valence-electron chi connectivity index (χ1n) is 7.70. The van der Waals surface area contributed by atoms with Crippen LogP contribution in [-0.4, -0.2) is 25.1 Å². The molecule has 0 saturated carbocycles. The summed E-state index contributed by atoms with van der Waals surface area (Å²) in [6, 6.07) is 12.4. The van der Waals surface area contributed by atoms with Crippen molar-refractivity contribution in [1.82, 2.24) is 10.3 Å². The molecule has 25 heavy (non-hydrogen) atoms. The molecule has 0 aliphatic rings. The van der Waals surface area contributed by atoms with Crippen LogP contribution in [-0.2, 0) is 6.54 Å². The van der Waals surface area contributed by atoms with Gasteiger partial charge in [-0.25, -0.2) is 0 Å². The molecular weight excluding hydrogens is 320 g/mol. The van der Waals surface area contributed by atoms with Gasteiger partial charge in [-0.05, 0) is 48.0 Å². The lowest BCUT2D eigenvalue weighted by Crippen LogP contribution is -2.22. The molecule has 0 bridgehead atoms. The zero-order chi connectivity index (χ0) is 17.6. The maximum atomic E-state index is 12.4. The predicted octanol–water partition coefficient (Wildman–Crippen LogP) is 3.29. The predicted molar refractivity (Wildman–Crippen MR) is 92.7 cm³/mol. The number of amides is 1. The highest BCUT2D eigenvalue weighted by molar-refractivity contribution is 5.94. The van der Waals surface area contributed by atoms with Crippen molar-refractivity contribution < 1.29 is 18.7 Å². The van der Waals surface area contributed by atoms with Gasteiger partial charge in [-0.2, -0.15) is 0 Å². The number of nitrogens with one attached hydrogen (secondary N) is 1. The Kier molecular flexibility index (Phi) is 4.99. The van der Waals surface area contributed by atoms with Crippen LogP contribution in [0.5, 0.6) is 11.5 Å². The summed E-state index contributed by atoms with van der Waals surface area (Å²) >= 11 is 0. The third-order valence-corrected chi connectivity index (χ3v) is 3.70. The summed E-state index contributed by atoms with van der Waals surface area (Å²) in [6.07, 6.45) is 3.29. The molecule has 2 aromatic heterocycles. The van der Waals surface area contributed by atoms with Crippen molar-refractivity contribution in [2.75, 3.05) is 14.2 Å². The molecule has 0 fully saturated rings. The van der Waals surface area contributed by atoms with Gasteiger partial charge in [0.1, 0.15) is 5.69 Å². The van der Waals surface area contributed by atoms with E-state index in [0.29, 0.717) is 29.4 Å². The molecule has 0 unspecified atom stereocenters. The van der Waals surface area contributed by atoms with E-state index in [2.05, 4.69) is 10.3 Å². The molecule has 0 spiro atoms. The van der Waals surface area contributed by atoms with Crippen LogP contribution in [0.15, 0.2) is 59.3 Å². The van der Waals surface area contributed by atoms with E-state index in [4.69, 9.17) is 13.9 Å². The Labute approximate surface area is 145 Å². The Morgan fingerprint density at radius 1 is 1.12 bits per heavy atom. The zero-order valence-corrected chi connectivity index (χ0v) is 14.0. The fourth-order valence-electron chi connectivity index (χ4n) is 2.41. The molecule has 0 aliphatic carbocycles. The SMILES string of the molecule is COc1ccc(C(=O)NCc2ccnc(-c3ccco3)c2)cc1OC. The molecule has 128 valence electrons. The van der Waals surface area contributed by atoms with Crippen molar-refractivity contribution >= 4 is 5.91 Å². The second-order valence-electron chi connectivity index (χ2n) is 5.28. The van der Waals surface area contributed by atoms with Crippen molar-refractivity contribution in [3.05, 3.63) is 66.1 Å². The number of ether oxygens (including phenoxy) is 2. The van der Waals surface area contributed by atoms with E-state index in [1.165, 1.54) is 7.11 Å². The van der Waals surface area contributed by atoms with Crippen LogP contribution in [0.3, 0.4) is 0 Å². The van der Waals surface area contributed by atoms with Gasteiger partial charge in [0.25, 0.3) is 5.91 Å². The molecule has 0 saturated heterocycles. The van der Waals surface area contributed by atoms with Crippen molar-refractivity contribution in [3.8, 4) is 23.0 Å². The minimum absolute atomic E-state index is 0.197.